The minimum Gasteiger partial charge on any atom is -0.478 e. The molecule has 2 aromatic carbocycles. The van der Waals surface area contributed by atoms with E-state index in [-0.39, 0.29) is 16.5 Å². The molecule has 0 bridgehead atoms. The van der Waals surface area contributed by atoms with Gasteiger partial charge in [0.25, 0.3) is 5.91 Å². The van der Waals surface area contributed by atoms with E-state index in [9.17, 15) is 9.59 Å². The number of anilines is 1. The summed E-state index contributed by atoms with van der Waals surface area (Å²) in [6.45, 7) is 1.74. The summed E-state index contributed by atoms with van der Waals surface area (Å²) in [5.41, 5.74) is 2.16. The van der Waals surface area contributed by atoms with E-state index >= 15 is 0 Å². The first-order valence-electron chi connectivity index (χ1n) is 8.84. The number of hydrogen-bond acceptors (Lipinski definition) is 4. The molecule has 4 rings (SSSR count). The van der Waals surface area contributed by atoms with Crippen LogP contribution in [0.2, 0.25) is 10.0 Å². The number of hydrazone groups is 1. The number of benzene rings is 2. The van der Waals surface area contributed by atoms with Crippen LogP contribution in [-0.2, 0) is 4.79 Å². The highest BCUT2D eigenvalue weighted by atomic mass is 35.5. The van der Waals surface area contributed by atoms with E-state index < -0.39 is 5.97 Å². The molecule has 1 N–H and O–H groups in total. The Hall–Kier alpha value is -3.35. The van der Waals surface area contributed by atoms with Gasteiger partial charge in [0.05, 0.1) is 27.6 Å². The zero-order valence-corrected chi connectivity index (χ0v) is 17.1. The van der Waals surface area contributed by atoms with Crippen molar-refractivity contribution < 1.29 is 19.1 Å². The first-order valence-corrected chi connectivity index (χ1v) is 9.59. The predicted molar refractivity (Wildman–Crippen MR) is 116 cm³/mol. The number of carbonyl (C=O) groups excluding carboxylic acids is 1. The number of carboxylic acids is 1. The Bertz CT molecular complexity index is 1240. The van der Waals surface area contributed by atoms with Crippen molar-refractivity contribution in [3.63, 3.8) is 0 Å². The van der Waals surface area contributed by atoms with Crippen LogP contribution in [0.25, 0.3) is 17.4 Å². The SMILES string of the molecule is CC1=NN(c2cccc(Cl)c2)C(=O)C1=Cc1ccc(-c2ccc(C(=O)O)c(Cl)c2)o1. The van der Waals surface area contributed by atoms with Crippen molar-refractivity contribution in [3.8, 4) is 11.3 Å². The van der Waals surface area contributed by atoms with Crippen molar-refractivity contribution in [1.82, 2.24) is 0 Å². The third kappa shape index (κ3) is 3.75. The fraction of sp³-hybridized carbons (Fsp3) is 0.0455. The molecule has 6 nitrogen and oxygen atoms in total. The van der Waals surface area contributed by atoms with E-state index in [1.165, 1.54) is 17.1 Å². The van der Waals surface area contributed by atoms with Crippen molar-refractivity contribution >= 4 is 52.6 Å². The van der Waals surface area contributed by atoms with Gasteiger partial charge in [-0.25, -0.2) is 4.79 Å². The van der Waals surface area contributed by atoms with Gasteiger partial charge in [0.1, 0.15) is 11.5 Å². The van der Waals surface area contributed by atoms with E-state index in [1.807, 2.05) is 0 Å². The van der Waals surface area contributed by atoms with Crippen LogP contribution in [0.15, 0.2) is 69.7 Å². The second kappa shape index (κ2) is 7.82. The van der Waals surface area contributed by atoms with Gasteiger partial charge in [0.15, 0.2) is 0 Å². The van der Waals surface area contributed by atoms with Gasteiger partial charge in [-0.15, -0.1) is 0 Å². The number of aromatic carboxylic acids is 1. The second-order valence-electron chi connectivity index (χ2n) is 6.54. The van der Waals surface area contributed by atoms with Gasteiger partial charge >= 0.3 is 5.97 Å². The third-order valence-corrected chi connectivity index (χ3v) is 5.06. The Kier molecular flexibility index (Phi) is 5.20. The summed E-state index contributed by atoms with van der Waals surface area (Å²) in [4.78, 5) is 23.9. The van der Waals surface area contributed by atoms with E-state index in [2.05, 4.69) is 5.10 Å². The van der Waals surface area contributed by atoms with Gasteiger partial charge in [0.2, 0.25) is 0 Å². The number of amides is 1. The second-order valence-corrected chi connectivity index (χ2v) is 7.39. The molecule has 1 aliphatic heterocycles. The minimum atomic E-state index is -1.10. The topological polar surface area (TPSA) is 83.1 Å². The predicted octanol–water partition coefficient (Wildman–Crippen LogP) is 5.76. The van der Waals surface area contributed by atoms with Gasteiger partial charge in [-0.1, -0.05) is 35.3 Å². The Labute approximate surface area is 181 Å². The Morgan fingerprint density at radius 3 is 2.63 bits per heavy atom. The quantitative estimate of drug-likeness (QED) is 0.522. The molecule has 8 heteroatoms. The molecule has 30 heavy (non-hydrogen) atoms. The number of nitrogens with zero attached hydrogens (tertiary/aromatic N) is 2. The number of carboxylic acid groups (broad SMARTS) is 1. The number of carbonyl (C=O) groups is 2. The van der Waals surface area contributed by atoms with Gasteiger partial charge in [-0.2, -0.15) is 10.1 Å². The van der Waals surface area contributed by atoms with Gasteiger partial charge in [0, 0.05) is 10.6 Å². The lowest BCUT2D eigenvalue weighted by atomic mass is 10.1. The monoisotopic (exact) mass is 440 g/mol. The normalized spacial score (nSPS) is 15.0. The highest BCUT2D eigenvalue weighted by molar-refractivity contribution is 6.34. The van der Waals surface area contributed by atoms with E-state index in [1.54, 1.807) is 55.5 Å². The molecule has 0 saturated heterocycles. The van der Waals surface area contributed by atoms with Crippen LogP contribution in [0.3, 0.4) is 0 Å². The third-order valence-electron chi connectivity index (χ3n) is 4.51. The maximum atomic E-state index is 12.8. The molecule has 1 amide bonds. The van der Waals surface area contributed by atoms with E-state index in [0.29, 0.717) is 39.1 Å². The first kappa shape index (κ1) is 19.9. The molecule has 0 aliphatic carbocycles. The molecule has 0 saturated carbocycles. The summed E-state index contributed by atoms with van der Waals surface area (Å²) >= 11 is 12.0. The molecule has 1 aromatic heterocycles. The molecule has 0 fully saturated rings. The van der Waals surface area contributed by atoms with Crippen LogP contribution in [0.5, 0.6) is 0 Å². The molecule has 0 unspecified atom stereocenters. The highest BCUT2D eigenvalue weighted by Gasteiger charge is 2.29. The summed E-state index contributed by atoms with van der Waals surface area (Å²) in [6, 6.07) is 14.9. The standard InChI is InChI=1S/C22H14Cl2N2O4/c1-12-18(21(27)26(25-12)15-4-2-3-14(23)10-15)11-16-6-8-20(30-16)13-5-7-17(22(28)29)19(24)9-13/h2-11H,1H3,(H,28,29). The van der Waals surface area contributed by atoms with Crippen molar-refractivity contribution in [1.29, 1.82) is 0 Å². The average Bonchev–Trinajstić information content (AvgIpc) is 3.28. The zero-order valence-electron chi connectivity index (χ0n) is 15.6. The van der Waals surface area contributed by atoms with Crippen LogP contribution in [0.1, 0.15) is 23.0 Å². The Balaban J connectivity index is 1.61. The molecular weight excluding hydrogens is 427 g/mol. The highest BCUT2D eigenvalue weighted by Crippen LogP contribution is 2.30. The number of hydrogen-bond donors (Lipinski definition) is 1. The summed E-state index contributed by atoms with van der Waals surface area (Å²) in [5.74, 6) is -0.446. The summed E-state index contributed by atoms with van der Waals surface area (Å²) in [5, 5.41) is 15.3. The minimum absolute atomic E-state index is 0.0128. The fourth-order valence-electron chi connectivity index (χ4n) is 3.04. The molecular formula is C22H14Cl2N2O4. The first-order chi connectivity index (χ1) is 14.3. The molecule has 2 heterocycles. The zero-order chi connectivity index (χ0) is 21.4. The molecule has 0 atom stereocenters. The fourth-order valence-corrected chi connectivity index (χ4v) is 3.48. The lowest BCUT2D eigenvalue weighted by molar-refractivity contribution is -0.114. The Morgan fingerprint density at radius 1 is 1.13 bits per heavy atom. The van der Waals surface area contributed by atoms with Crippen molar-refractivity contribution in [2.45, 2.75) is 6.92 Å². The smallest absolute Gasteiger partial charge is 0.337 e. The largest absolute Gasteiger partial charge is 0.478 e. The maximum absolute atomic E-state index is 12.8. The van der Waals surface area contributed by atoms with Crippen LogP contribution in [0, 0.1) is 0 Å². The molecule has 1 aliphatic rings. The van der Waals surface area contributed by atoms with Crippen molar-refractivity contribution in [3.05, 3.63) is 81.5 Å². The summed E-state index contributed by atoms with van der Waals surface area (Å²) in [6.07, 6.45) is 1.61. The summed E-state index contributed by atoms with van der Waals surface area (Å²) < 4.78 is 5.81. The van der Waals surface area contributed by atoms with Crippen LogP contribution >= 0.6 is 23.2 Å². The number of rotatable bonds is 4. The molecule has 150 valence electrons. The summed E-state index contributed by atoms with van der Waals surface area (Å²) in [7, 11) is 0. The Morgan fingerprint density at radius 2 is 1.93 bits per heavy atom. The molecule has 0 radical (unpaired) electrons. The van der Waals surface area contributed by atoms with E-state index in [4.69, 9.17) is 32.7 Å². The van der Waals surface area contributed by atoms with Crippen LogP contribution in [0.4, 0.5) is 5.69 Å². The van der Waals surface area contributed by atoms with E-state index in [0.717, 1.165) is 0 Å². The van der Waals surface area contributed by atoms with Gasteiger partial charge in [-0.3, -0.25) is 4.79 Å². The van der Waals surface area contributed by atoms with Crippen molar-refractivity contribution in [2.24, 2.45) is 5.10 Å². The van der Waals surface area contributed by atoms with Crippen molar-refractivity contribution in [2.75, 3.05) is 5.01 Å². The van der Waals surface area contributed by atoms with Crippen LogP contribution < -0.4 is 5.01 Å². The lowest BCUT2D eigenvalue weighted by Gasteiger charge is -2.11. The number of furan rings is 1. The molecule has 0 spiro atoms. The average molecular weight is 441 g/mol. The van der Waals surface area contributed by atoms with Gasteiger partial charge < -0.3 is 9.52 Å². The molecule has 3 aromatic rings. The number of halogens is 2. The lowest BCUT2D eigenvalue weighted by Crippen LogP contribution is -2.21. The maximum Gasteiger partial charge on any atom is 0.337 e. The van der Waals surface area contributed by atoms with Crippen LogP contribution in [-0.4, -0.2) is 22.7 Å². The van der Waals surface area contributed by atoms with Gasteiger partial charge in [-0.05, 0) is 55.5 Å².